The first-order chi connectivity index (χ1) is 9.64. The second-order valence-corrected chi connectivity index (χ2v) is 5.00. The van der Waals surface area contributed by atoms with Crippen molar-refractivity contribution in [2.75, 3.05) is 20.3 Å². The Morgan fingerprint density at radius 1 is 1.35 bits per heavy atom. The van der Waals surface area contributed by atoms with E-state index in [4.69, 9.17) is 10.1 Å². The minimum Gasteiger partial charge on any atom is -0.383 e. The van der Waals surface area contributed by atoms with Crippen LogP contribution in [0.25, 0.3) is 0 Å². The first kappa shape index (κ1) is 14.5. The van der Waals surface area contributed by atoms with Crippen LogP contribution >= 0.6 is 0 Å². The lowest BCUT2D eigenvalue weighted by Gasteiger charge is -2.36. The number of benzene rings is 1. The van der Waals surface area contributed by atoms with Crippen LogP contribution in [0.3, 0.4) is 0 Å². The minimum atomic E-state index is -0.586. The number of rotatable bonds is 6. The predicted octanol–water partition coefficient (Wildman–Crippen LogP) is 2.03. The lowest BCUT2D eigenvalue weighted by molar-refractivity contribution is 0.122. The van der Waals surface area contributed by atoms with E-state index in [1.807, 2.05) is 37.3 Å². The molecule has 1 aliphatic rings. The van der Waals surface area contributed by atoms with E-state index in [9.17, 15) is 4.79 Å². The van der Waals surface area contributed by atoms with Gasteiger partial charge < -0.3 is 9.64 Å². The summed E-state index contributed by atoms with van der Waals surface area (Å²) in [5.41, 5.74) is 0.537. The maximum absolute atomic E-state index is 12.1. The van der Waals surface area contributed by atoms with E-state index in [1.165, 1.54) is 0 Å². The zero-order valence-corrected chi connectivity index (χ0v) is 12.0. The van der Waals surface area contributed by atoms with Crippen molar-refractivity contribution >= 4 is 11.9 Å². The number of carbonyl (C=O) groups is 1. The number of amidine groups is 1. The van der Waals surface area contributed by atoms with Crippen LogP contribution in [-0.2, 0) is 11.2 Å². The number of nitrogens with one attached hydrogen (secondary N) is 2. The fourth-order valence-electron chi connectivity index (χ4n) is 2.73. The molecule has 108 valence electrons. The molecule has 2 N–H and O–H groups in total. The quantitative estimate of drug-likeness (QED) is 0.834. The second-order valence-electron chi connectivity index (χ2n) is 5.00. The number of methoxy groups -OCH3 is 1. The number of ether oxygens (including phenoxy) is 1. The number of amides is 2. The summed E-state index contributed by atoms with van der Waals surface area (Å²) < 4.78 is 5.08. The van der Waals surface area contributed by atoms with E-state index in [0.717, 1.165) is 5.56 Å². The molecule has 1 aromatic rings. The highest BCUT2D eigenvalue weighted by Gasteiger charge is 2.48. The number of hydrogen-bond acceptors (Lipinski definition) is 3. The summed E-state index contributed by atoms with van der Waals surface area (Å²) in [5.74, 6) is 0.282. The van der Waals surface area contributed by atoms with Gasteiger partial charge in [0.2, 0.25) is 0 Å². The molecule has 0 spiro atoms. The first-order valence-corrected chi connectivity index (χ1v) is 6.84. The van der Waals surface area contributed by atoms with Gasteiger partial charge in [-0.1, -0.05) is 37.3 Å². The molecule has 1 heterocycles. The van der Waals surface area contributed by atoms with Crippen LogP contribution in [0.4, 0.5) is 4.79 Å². The molecule has 2 rings (SSSR count). The Morgan fingerprint density at radius 3 is 2.65 bits per heavy atom. The van der Waals surface area contributed by atoms with Crippen molar-refractivity contribution < 1.29 is 9.53 Å². The normalized spacial score (nSPS) is 22.2. The van der Waals surface area contributed by atoms with Gasteiger partial charge in [0.25, 0.3) is 0 Å². The van der Waals surface area contributed by atoms with Crippen LogP contribution in [-0.4, -0.2) is 42.6 Å². The zero-order valence-electron chi connectivity index (χ0n) is 12.0. The third kappa shape index (κ3) is 2.54. The van der Waals surface area contributed by atoms with Crippen LogP contribution in [0.5, 0.6) is 0 Å². The average Bonchev–Trinajstić information content (AvgIpc) is 2.69. The maximum atomic E-state index is 12.1. The van der Waals surface area contributed by atoms with Gasteiger partial charge in [0.15, 0.2) is 0 Å². The molecule has 1 aliphatic heterocycles. The number of hydrogen-bond donors (Lipinski definition) is 2. The van der Waals surface area contributed by atoms with E-state index in [-0.39, 0.29) is 11.9 Å². The molecular weight excluding hydrogens is 254 g/mol. The van der Waals surface area contributed by atoms with Crippen molar-refractivity contribution in [3.63, 3.8) is 0 Å². The van der Waals surface area contributed by atoms with Crippen LogP contribution in [0.15, 0.2) is 30.3 Å². The largest absolute Gasteiger partial charge is 0.383 e. The van der Waals surface area contributed by atoms with Crippen LogP contribution < -0.4 is 5.32 Å². The van der Waals surface area contributed by atoms with E-state index in [0.29, 0.717) is 26.0 Å². The molecule has 1 fully saturated rings. The Bertz CT molecular complexity index is 489. The van der Waals surface area contributed by atoms with Crippen LogP contribution in [0.2, 0.25) is 0 Å². The number of carbonyl (C=O) groups excluding carboxylic acids is 1. The monoisotopic (exact) mass is 275 g/mol. The summed E-state index contributed by atoms with van der Waals surface area (Å²) in [6.07, 6.45) is 1.34. The summed E-state index contributed by atoms with van der Waals surface area (Å²) in [7, 11) is 1.62. The molecule has 5 nitrogen and oxygen atoms in total. The summed E-state index contributed by atoms with van der Waals surface area (Å²) in [5, 5.41) is 10.8. The lowest BCUT2D eigenvalue weighted by atomic mass is 9.86. The molecule has 0 aliphatic carbocycles. The smallest absolute Gasteiger partial charge is 0.323 e. The standard InChI is InChI=1S/C15H21N3O2/c1-3-15(11-12-7-5-4-6-8-12)13(16)17-14(19)18(15)9-10-20-2/h4-8H,3,9-11H2,1-2H3,(H2,16,17,19). The number of nitrogens with zero attached hydrogens (tertiary/aromatic N) is 1. The SMILES string of the molecule is CCC1(Cc2ccccc2)C(=N)NC(=O)N1CCOC. The van der Waals surface area contributed by atoms with Crippen molar-refractivity contribution in [3.8, 4) is 0 Å². The molecule has 1 saturated heterocycles. The van der Waals surface area contributed by atoms with Crippen molar-refractivity contribution in [2.45, 2.75) is 25.3 Å². The molecular formula is C15H21N3O2. The Kier molecular flexibility index (Phi) is 4.39. The summed E-state index contributed by atoms with van der Waals surface area (Å²) in [6, 6.07) is 9.78. The summed E-state index contributed by atoms with van der Waals surface area (Å²) >= 11 is 0. The van der Waals surface area contributed by atoms with Crippen LogP contribution in [0.1, 0.15) is 18.9 Å². The van der Waals surface area contributed by atoms with Gasteiger partial charge >= 0.3 is 6.03 Å². The highest BCUT2D eigenvalue weighted by Crippen LogP contribution is 2.29. The van der Waals surface area contributed by atoms with E-state index >= 15 is 0 Å². The van der Waals surface area contributed by atoms with E-state index in [2.05, 4.69) is 5.32 Å². The fraction of sp³-hybridized carbons (Fsp3) is 0.467. The first-order valence-electron chi connectivity index (χ1n) is 6.84. The molecule has 0 radical (unpaired) electrons. The second kappa shape index (κ2) is 6.05. The van der Waals surface area contributed by atoms with Crippen molar-refractivity contribution in [1.29, 1.82) is 5.41 Å². The molecule has 1 atom stereocenters. The van der Waals surface area contributed by atoms with Crippen molar-refractivity contribution in [2.24, 2.45) is 0 Å². The maximum Gasteiger partial charge on any atom is 0.323 e. The van der Waals surface area contributed by atoms with Gasteiger partial charge in [-0.15, -0.1) is 0 Å². The Balaban J connectivity index is 2.29. The van der Waals surface area contributed by atoms with E-state index < -0.39 is 5.54 Å². The van der Waals surface area contributed by atoms with Gasteiger partial charge in [-0.25, -0.2) is 4.79 Å². The number of urea groups is 1. The molecule has 20 heavy (non-hydrogen) atoms. The third-order valence-electron chi connectivity index (χ3n) is 3.90. The third-order valence-corrected chi connectivity index (χ3v) is 3.90. The van der Waals surface area contributed by atoms with Gasteiger partial charge in [0, 0.05) is 20.1 Å². The molecule has 1 unspecified atom stereocenters. The minimum absolute atomic E-state index is 0.204. The Morgan fingerprint density at radius 2 is 2.05 bits per heavy atom. The topological polar surface area (TPSA) is 65.4 Å². The van der Waals surface area contributed by atoms with Gasteiger partial charge in [-0.2, -0.15) is 0 Å². The van der Waals surface area contributed by atoms with Crippen LogP contribution in [0, 0.1) is 5.41 Å². The average molecular weight is 275 g/mol. The van der Waals surface area contributed by atoms with E-state index in [1.54, 1.807) is 12.0 Å². The molecule has 0 saturated carbocycles. The van der Waals surface area contributed by atoms with Gasteiger partial charge in [0.05, 0.1) is 6.61 Å². The summed E-state index contributed by atoms with van der Waals surface area (Å²) in [6.45, 7) is 2.97. The molecule has 0 aromatic heterocycles. The highest BCUT2D eigenvalue weighted by atomic mass is 16.5. The molecule has 5 heteroatoms. The van der Waals surface area contributed by atoms with Gasteiger partial charge in [-0.3, -0.25) is 10.7 Å². The Hall–Kier alpha value is -1.88. The Labute approximate surface area is 119 Å². The van der Waals surface area contributed by atoms with Gasteiger partial charge in [0.1, 0.15) is 11.4 Å². The molecule has 0 bridgehead atoms. The summed E-state index contributed by atoms with van der Waals surface area (Å²) in [4.78, 5) is 13.8. The zero-order chi connectivity index (χ0) is 14.6. The molecule has 1 aromatic carbocycles. The molecule has 2 amide bonds. The van der Waals surface area contributed by atoms with Crippen molar-refractivity contribution in [1.82, 2.24) is 10.2 Å². The fourth-order valence-corrected chi connectivity index (χ4v) is 2.73. The predicted molar refractivity (Wildman–Crippen MR) is 78.0 cm³/mol. The lowest BCUT2D eigenvalue weighted by Crippen LogP contribution is -2.51. The highest BCUT2D eigenvalue weighted by molar-refractivity contribution is 6.08. The van der Waals surface area contributed by atoms with Crippen molar-refractivity contribution in [3.05, 3.63) is 35.9 Å². The van der Waals surface area contributed by atoms with Gasteiger partial charge in [-0.05, 0) is 12.0 Å².